The molecule has 4 aromatic rings. The number of carbonyl (C=O) groups is 1. The Balaban J connectivity index is 1.69. The minimum absolute atomic E-state index is 0.0538. The van der Waals surface area contributed by atoms with Crippen LogP contribution in [0, 0.1) is 0 Å². The van der Waals surface area contributed by atoms with Crippen LogP contribution in [-0.2, 0) is 14.8 Å². The molecule has 0 saturated heterocycles. The van der Waals surface area contributed by atoms with E-state index in [4.69, 9.17) is 10.2 Å². The van der Waals surface area contributed by atoms with Gasteiger partial charge in [-0.2, -0.15) is 5.10 Å². The minimum Gasteiger partial charge on any atom is -0.321 e. The first-order chi connectivity index (χ1) is 15.4. The van der Waals surface area contributed by atoms with Gasteiger partial charge in [-0.15, -0.1) is 0 Å². The Hall–Kier alpha value is -4.01. The number of anilines is 1. The first kappa shape index (κ1) is 19.9. The lowest BCUT2D eigenvalue weighted by Gasteiger charge is -2.03. The second kappa shape index (κ2) is 7.60. The number of sulfonamides is 1. The van der Waals surface area contributed by atoms with Crippen LogP contribution in [0.3, 0.4) is 0 Å². The first-order valence-electron chi connectivity index (χ1n) is 9.81. The van der Waals surface area contributed by atoms with Gasteiger partial charge in [0.15, 0.2) is 0 Å². The molecule has 5 rings (SSSR count). The zero-order valence-corrected chi connectivity index (χ0v) is 17.6. The smallest absolute Gasteiger partial charge is 0.256 e. The number of benzene rings is 3. The lowest BCUT2D eigenvalue weighted by molar-refractivity contribution is -0.110. The SMILES string of the molecule is NS(=O)(=O)c1ccc2c(c1)/C(=C\c1cn(-c3ccccc3)nc1-c1ccccc1)C(=O)N2. The molecule has 1 aliphatic rings. The quantitative estimate of drug-likeness (QED) is 0.470. The number of amides is 1. The van der Waals surface area contributed by atoms with Crippen LogP contribution < -0.4 is 10.5 Å². The fourth-order valence-corrected chi connectivity index (χ4v) is 4.21. The molecule has 1 amide bonds. The number of rotatable bonds is 4. The molecule has 0 saturated carbocycles. The van der Waals surface area contributed by atoms with Gasteiger partial charge in [-0.25, -0.2) is 18.2 Å². The van der Waals surface area contributed by atoms with Crippen molar-refractivity contribution in [2.45, 2.75) is 4.90 Å². The number of para-hydroxylation sites is 1. The summed E-state index contributed by atoms with van der Waals surface area (Å²) in [6.45, 7) is 0. The minimum atomic E-state index is -3.90. The second-order valence-corrected chi connectivity index (χ2v) is 8.91. The van der Waals surface area contributed by atoms with Gasteiger partial charge in [0.25, 0.3) is 5.91 Å². The third-order valence-corrected chi connectivity index (χ3v) is 6.12. The third kappa shape index (κ3) is 3.62. The van der Waals surface area contributed by atoms with Crippen molar-refractivity contribution in [1.82, 2.24) is 9.78 Å². The van der Waals surface area contributed by atoms with Gasteiger partial charge in [-0.3, -0.25) is 4.79 Å². The third-order valence-electron chi connectivity index (χ3n) is 5.21. The number of nitrogens with zero attached hydrogens (tertiary/aromatic N) is 2. The van der Waals surface area contributed by atoms with E-state index in [2.05, 4.69) is 5.32 Å². The summed E-state index contributed by atoms with van der Waals surface area (Å²) in [5.41, 5.74) is 4.55. The molecule has 2 heterocycles. The second-order valence-electron chi connectivity index (χ2n) is 7.34. The fourth-order valence-electron chi connectivity index (χ4n) is 3.67. The monoisotopic (exact) mass is 442 g/mol. The fraction of sp³-hybridized carbons (Fsp3) is 0. The molecule has 8 heteroatoms. The Morgan fingerprint density at radius 2 is 1.62 bits per heavy atom. The zero-order valence-electron chi connectivity index (χ0n) is 16.8. The van der Waals surface area contributed by atoms with Crippen molar-refractivity contribution in [1.29, 1.82) is 0 Å². The zero-order chi connectivity index (χ0) is 22.3. The van der Waals surface area contributed by atoms with E-state index in [1.54, 1.807) is 16.8 Å². The molecule has 0 unspecified atom stereocenters. The Bertz CT molecular complexity index is 1470. The highest BCUT2D eigenvalue weighted by molar-refractivity contribution is 7.89. The van der Waals surface area contributed by atoms with Crippen molar-refractivity contribution in [2.24, 2.45) is 5.14 Å². The van der Waals surface area contributed by atoms with Gasteiger partial charge in [-0.1, -0.05) is 48.5 Å². The molecular weight excluding hydrogens is 424 g/mol. The Kier molecular flexibility index (Phi) is 4.73. The molecule has 0 atom stereocenters. The molecule has 32 heavy (non-hydrogen) atoms. The standard InChI is InChI=1S/C24H18N4O3S/c25-32(30,31)19-11-12-22-20(14-19)21(24(29)26-22)13-17-15-28(18-9-5-2-6-10-18)27-23(17)16-7-3-1-4-8-16/h1-15H,(H,26,29)(H2,25,30,31)/b21-13+. The maximum absolute atomic E-state index is 12.7. The number of hydrogen-bond acceptors (Lipinski definition) is 4. The highest BCUT2D eigenvalue weighted by atomic mass is 32.2. The van der Waals surface area contributed by atoms with Gasteiger partial charge in [0.2, 0.25) is 10.0 Å². The summed E-state index contributed by atoms with van der Waals surface area (Å²) in [6, 6.07) is 23.6. The summed E-state index contributed by atoms with van der Waals surface area (Å²) < 4.78 is 25.4. The largest absolute Gasteiger partial charge is 0.321 e. The van der Waals surface area contributed by atoms with Gasteiger partial charge >= 0.3 is 0 Å². The summed E-state index contributed by atoms with van der Waals surface area (Å²) in [5.74, 6) is -0.321. The maximum atomic E-state index is 12.7. The van der Waals surface area contributed by atoms with Crippen LogP contribution in [0.1, 0.15) is 11.1 Å². The topological polar surface area (TPSA) is 107 Å². The van der Waals surface area contributed by atoms with Crippen LogP contribution in [0.2, 0.25) is 0 Å². The molecule has 0 radical (unpaired) electrons. The van der Waals surface area contributed by atoms with Gasteiger partial charge in [0.05, 0.1) is 16.3 Å². The summed E-state index contributed by atoms with van der Waals surface area (Å²) in [5, 5.41) is 12.8. The molecule has 1 aromatic heterocycles. The van der Waals surface area contributed by atoms with E-state index in [1.807, 2.05) is 66.9 Å². The van der Waals surface area contributed by atoms with E-state index < -0.39 is 10.0 Å². The number of nitrogens with one attached hydrogen (secondary N) is 1. The average Bonchev–Trinajstić information content (AvgIpc) is 3.35. The van der Waals surface area contributed by atoms with Gasteiger partial charge in [0, 0.05) is 34.1 Å². The van der Waals surface area contributed by atoms with E-state index in [9.17, 15) is 13.2 Å². The summed E-state index contributed by atoms with van der Waals surface area (Å²) in [4.78, 5) is 12.7. The lowest BCUT2D eigenvalue weighted by atomic mass is 10.0. The van der Waals surface area contributed by atoms with E-state index in [-0.39, 0.29) is 10.8 Å². The number of primary sulfonamides is 1. The van der Waals surface area contributed by atoms with E-state index in [1.165, 1.54) is 12.1 Å². The highest BCUT2D eigenvalue weighted by Gasteiger charge is 2.26. The molecule has 0 spiro atoms. The molecular formula is C24H18N4O3S. The molecule has 7 nitrogen and oxygen atoms in total. The van der Waals surface area contributed by atoms with Crippen LogP contribution in [0.15, 0.2) is 90.0 Å². The maximum Gasteiger partial charge on any atom is 0.256 e. The van der Waals surface area contributed by atoms with Crippen molar-refractivity contribution in [3.63, 3.8) is 0 Å². The number of hydrogen-bond donors (Lipinski definition) is 2. The summed E-state index contributed by atoms with van der Waals surface area (Å²) >= 11 is 0. The Morgan fingerprint density at radius 3 is 2.31 bits per heavy atom. The Labute approximate surface area is 184 Å². The van der Waals surface area contributed by atoms with Gasteiger partial charge < -0.3 is 5.32 Å². The Morgan fingerprint density at radius 1 is 0.938 bits per heavy atom. The van der Waals surface area contributed by atoms with Crippen LogP contribution >= 0.6 is 0 Å². The van der Waals surface area contributed by atoms with Crippen molar-refractivity contribution in [3.05, 3.63) is 96.2 Å². The first-order valence-corrected chi connectivity index (χ1v) is 11.4. The van der Waals surface area contributed by atoms with E-state index >= 15 is 0 Å². The predicted molar refractivity (Wildman–Crippen MR) is 123 cm³/mol. The average molecular weight is 443 g/mol. The lowest BCUT2D eigenvalue weighted by Crippen LogP contribution is -2.12. The molecule has 0 bridgehead atoms. The highest BCUT2D eigenvalue weighted by Crippen LogP contribution is 2.36. The normalized spacial score (nSPS) is 14.4. The number of fused-ring (bicyclic) bond motifs is 1. The van der Waals surface area contributed by atoms with Crippen LogP contribution in [0.4, 0.5) is 5.69 Å². The van der Waals surface area contributed by atoms with E-state index in [0.717, 1.165) is 16.8 Å². The van der Waals surface area contributed by atoms with Crippen molar-refractivity contribution in [3.8, 4) is 16.9 Å². The van der Waals surface area contributed by atoms with Crippen molar-refractivity contribution >= 4 is 33.3 Å². The van der Waals surface area contributed by atoms with Crippen LogP contribution in [-0.4, -0.2) is 24.1 Å². The summed E-state index contributed by atoms with van der Waals surface area (Å²) in [7, 11) is -3.90. The molecule has 0 aliphatic carbocycles. The molecule has 158 valence electrons. The van der Waals surface area contributed by atoms with E-state index in [0.29, 0.717) is 22.5 Å². The molecule has 3 N–H and O–H groups in total. The van der Waals surface area contributed by atoms with Crippen molar-refractivity contribution < 1.29 is 13.2 Å². The van der Waals surface area contributed by atoms with Crippen LogP contribution in [0.5, 0.6) is 0 Å². The number of aromatic nitrogens is 2. The molecule has 3 aromatic carbocycles. The molecule has 1 aliphatic heterocycles. The van der Waals surface area contributed by atoms with Crippen LogP contribution in [0.25, 0.3) is 28.6 Å². The number of carbonyl (C=O) groups excluding carboxylic acids is 1. The van der Waals surface area contributed by atoms with Crippen molar-refractivity contribution in [2.75, 3.05) is 5.32 Å². The van der Waals surface area contributed by atoms with Gasteiger partial charge in [0.1, 0.15) is 0 Å². The van der Waals surface area contributed by atoms with Gasteiger partial charge in [-0.05, 0) is 36.4 Å². The predicted octanol–water partition coefficient (Wildman–Crippen LogP) is 3.68. The summed E-state index contributed by atoms with van der Waals surface area (Å²) in [6.07, 6.45) is 3.57. The number of nitrogens with two attached hydrogens (primary N) is 1. The molecule has 0 fully saturated rings.